The fourth-order valence-electron chi connectivity index (χ4n) is 0.549. The van der Waals surface area contributed by atoms with Gasteiger partial charge in [-0.25, -0.2) is 0 Å². The van der Waals surface area contributed by atoms with Crippen molar-refractivity contribution in [3.63, 3.8) is 0 Å². The molecule has 0 aromatic heterocycles. The van der Waals surface area contributed by atoms with Crippen LogP contribution in [0.3, 0.4) is 0 Å². The molecule has 0 rings (SSSR count). The van der Waals surface area contributed by atoms with Crippen LogP contribution in [0, 0.1) is 5.92 Å². The molecule has 0 N–H and O–H groups in total. The van der Waals surface area contributed by atoms with Gasteiger partial charge in [0.25, 0.3) is 0 Å². The number of halogens is 1. The van der Waals surface area contributed by atoms with Gasteiger partial charge in [0.15, 0.2) is 0 Å². The van der Waals surface area contributed by atoms with E-state index in [0.29, 0.717) is 0 Å². The van der Waals surface area contributed by atoms with Crippen LogP contribution in [-0.2, 0) is 0 Å². The van der Waals surface area contributed by atoms with Crippen molar-refractivity contribution in [1.29, 1.82) is 0 Å². The average molecular weight is 163 g/mol. The maximum Gasteiger partial charge on any atom is 0.129 e. The van der Waals surface area contributed by atoms with Crippen molar-refractivity contribution in [3.8, 4) is 0 Å². The van der Waals surface area contributed by atoms with Crippen LogP contribution in [0.5, 0.6) is 0 Å². The second-order valence-electron chi connectivity index (χ2n) is 2.58. The molecule has 0 spiro atoms. The lowest BCUT2D eigenvalue weighted by molar-refractivity contribution is 0.663. The van der Waals surface area contributed by atoms with Crippen molar-refractivity contribution in [2.75, 3.05) is 0 Å². The molecule has 0 amide bonds. The van der Waals surface area contributed by atoms with Crippen LogP contribution in [0.15, 0.2) is 12.2 Å². The van der Waals surface area contributed by atoms with Crippen LogP contribution < -0.4 is 0 Å². The quantitative estimate of drug-likeness (QED) is 0.338. The first-order chi connectivity index (χ1) is 4.27. The third-order valence-corrected chi connectivity index (χ3v) is 2.26. The first-order valence-corrected chi connectivity index (χ1v) is 6.62. The molecule has 0 unspecified atom stereocenters. The van der Waals surface area contributed by atoms with Crippen molar-refractivity contribution in [1.82, 2.24) is 0 Å². The molecule has 9 heavy (non-hydrogen) atoms. The number of allylic oxidation sites excluding steroid dienone is 2. The molecule has 0 heterocycles. The van der Waals surface area contributed by atoms with E-state index in [2.05, 4.69) is 26.0 Å². The SMILES string of the molecule is CC(C)CC=CC[SiH2]Cl. The minimum atomic E-state index is -0.245. The van der Waals surface area contributed by atoms with E-state index in [-0.39, 0.29) is 8.83 Å². The maximum absolute atomic E-state index is 5.60. The monoisotopic (exact) mass is 162 g/mol. The van der Waals surface area contributed by atoms with Crippen LogP contribution in [-0.4, -0.2) is 8.83 Å². The fourth-order valence-corrected chi connectivity index (χ4v) is 1.29. The molecule has 2 heteroatoms. The highest BCUT2D eigenvalue weighted by Crippen LogP contribution is 2.00. The van der Waals surface area contributed by atoms with Gasteiger partial charge >= 0.3 is 0 Å². The first kappa shape index (κ1) is 9.25. The summed E-state index contributed by atoms with van der Waals surface area (Å²) in [6, 6.07) is 1.15. The minimum absolute atomic E-state index is 0.245. The van der Waals surface area contributed by atoms with Crippen molar-refractivity contribution in [2.45, 2.75) is 26.3 Å². The Morgan fingerprint density at radius 1 is 1.44 bits per heavy atom. The highest BCUT2D eigenvalue weighted by molar-refractivity contribution is 6.93. The van der Waals surface area contributed by atoms with Crippen LogP contribution in [0.1, 0.15) is 20.3 Å². The maximum atomic E-state index is 5.60. The van der Waals surface area contributed by atoms with Crippen LogP contribution >= 0.6 is 11.1 Å². The number of rotatable bonds is 4. The van der Waals surface area contributed by atoms with Crippen molar-refractivity contribution < 1.29 is 0 Å². The van der Waals surface area contributed by atoms with E-state index in [1.54, 1.807) is 0 Å². The fraction of sp³-hybridized carbons (Fsp3) is 0.714. The molecule has 54 valence electrons. The zero-order valence-electron chi connectivity index (χ0n) is 6.23. The standard InChI is InChI=1S/C7H15ClSi/c1-7(2)5-3-4-6-9-8/h3-4,7H,5-6,9H2,1-2H3. The van der Waals surface area contributed by atoms with E-state index >= 15 is 0 Å². The summed E-state index contributed by atoms with van der Waals surface area (Å²) in [7, 11) is -0.245. The van der Waals surface area contributed by atoms with E-state index in [9.17, 15) is 0 Å². The Morgan fingerprint density at radius 2 is 2.11 bits per heavy atom. The second-order valence-corrected chi connectivity index (χ2v) is 4.67. The largest absolute Gasteiger partial charge is 0.176 e. The van der Waals surface area contributed by atoms with E-state index in [0.717, 1.165) is 12.0 Å². The van der Waals surface area contributed by atoms with E-state index in [4.69, 9.17) is 11.1 Å². The van der Waals surface area contributed by atoms with Crippen molar-refractivity contribution >= 4 is 19.9 Å². The highest BCUT2D eigenvalue weighted by Gasteiger charge is 1.85. The van der Waals surface area contributed by atoms with E-state index < -0.39 is 0 Å². The van der Waals surface area contributed by atoms with Gasteiger partial charge in [-0.1, -0.05) is 26.0 Å². The smallest absolute Gasteiger partial charge is 0.129 e. The molecule has 0 aromatic carbocycles. The van der Waals surface area contributed by atoms with Crippen LogP contribution in [0.4, 0.5) is 0 Å². The Kier molecular flexibility index (Phi) is 6.54. The van der Waals surface area contributed by atoms with E-state index in [1.165, 1.54) is 6.42 Å². The predicted octanol–water partition coefficient (Wildman–Crippen LogP) is 2.33. The molecule has 0 atom stereocenters. The summed E-state index contributed by atoms with van der Waals surface area (Å²) in [5, 5.41) is 0. The Labute approximate surface area is 64.8 Å². The first-order valence-electron chi connectivity index (χ1n) is 3.48. The number of hydrogen-bond acceptors (Lipinski definition) is 0. The summed E-state index contributed by atoms with van der Waals surface area (Å²) in [6.45, 7) is 4.45. The normalized spacial score (nSPS) is 12.9. The summed E-state index contributed by atoms with van der Waals surface area (Å²) in [5.41, 5.74) is 0. The lowest BCUT2D eigenvalue weighted by atomic mass is 10.1. The molecule has 0 radical (unpaired) electrons. The molecule has 0 nitrogen and oxygen atoms in total. The predicted molar refractivity (Wildman–Crippen MR) is 47.8 cm³/mol. The third-order valence-electron chi connectivity index (χ3n) is 1.05. The van der Waals surface area contributed by atoms with Crippen LogP contribution in [0.25, 0.3) is 0 Å². The van der Waals surface area contributed by atoms with Crippen LogP contribution in [0.2, 0.25) is 6.04 Å². The van der Waals surface area contributed by atoms with Crippen molar-refractivity contribution in [3.05, 3.63) is 12.2 Å². The molecule has 0 aliphatic rings. The summed E-state index contributed by atoms with van der Waals surface area (Å²) in [6.07, 6.45) is 5.64. The molecule has 0 aliphatic heterocycles. The molecule has 0 aliphatic carbocycles. The summed E-state index contributed by atoms with van der Waals surface area (Å²) >= 11 is 5.60. The summed E-state index contributed by atoms with van der Waals surface area (Å²) in [5.74, 6) is 0.790. The molecule has 0 bridgehead atoms. The lowest BCUT2D eigenvalue weighted by Gasteiger charge is -1.94. The van der Waals surface area contributed by atoms with Gasteiger partial charge < -0.3 is 0 Å². The topological polar surface area (TPSA) is 0 Å². The molecule has 0 saturated heterocycles. The molecular formula is C7H15ClSi. The minimum Gasteiger partial charge on any atom is -0.176 e. The number of hydrogen-bond donors (Lipinski definition) is 0. The Bertz CT molecular complexity index is 79.0. The van der Waals surface area contributed by atoms with Gasteiger partial charge in [0.05, 0.1) is 0 Å². The van der Waals surface area contributed by atoms with Gasteiger partial charge in [0.2, 0.25) is 0 Å². The zero-order chi connectivity index (χ0) is 7.11. The molecule has 0 fully saturated rings. The molecule has 0 aromatic rings. The van der Waals surface area contributed by atoms with Crippen molar-refractivity contribution in [2.24, 2.45) is 5.92 Å². The molecular weight excluding hydrogens is 148 g/mol. The Balaban J connectivity index is 3.04. The second kappa shape index (κ2) is 6.37. The molecule has 0 saturated carbocycles. The zero-order valence-corrected chi connectivity index (χ0v) is 8.40. The van der Waals surface area contributed by atoms with Gasteiger partial charge in [-0.05, 0) is 18.4 Å². The lowest BCUT2D eigenvalue weighted by Crippen LogP contribution is -1.81. The van der Waals surface area contributed by atoms with Gasteiger partial charge in [0.1, 0.15) is 8.83 Å². The van der Waals surface area contributed by atoms with Gasteiger partial charge in [0, 0.05) is 0 Å². The van der Waals surface area contributed by atoms with Gasteiger partial charge in [-0.15, -0.1) is 0 Å². The summed E-state index contributed by atoms with van der Waals surface area (Å²) < 4.78 is 0. The Morgan fingerprint density at radius 3 is 2.56 bits per heavy atom. The highest BCUT2D eigenvalue weighted by atomic mass is 35.6. The van der Waals surface area contributed by atoms with Gasteiger partial charge in [-0.2, -0.15) is 11.1 Å². The third kappa shape index (κ3) is 8.25. The average Bonchev–Trinajstić information content (AvgIpc) is 1.80. The summed E-state index contributed by atoms with van der Waals surface area (Å²) in [4.78, 5) is 0. The van der Waals surface area contributed by atoms with E-state index in [1.807, 2.05) is 0 Å². The van der Waals surface area contributed by atoms with Gasteiger partial charge in [-0.3, -0.25) is 0 Å². The Hall–Kier alpha value is 0.247.